The van der Waals surface area contributed by atoms with E-state index in [9.17, 15) is 4.79 Å². The molecule has 0 saturated carbocycles. The first kappa shape index (κ1) is 22.3. The summed E-state index contributed by atoms with van der Waals surface area (Å²) in [6, 6.07) is 18.6. The maximum atomic E-state index is 13.0. The second-order valence-corrected chi connectivity index (χ2v) is 9.96. The molecule has 2 aromatic carbocycles. The van der Waals surface area contributed by atoms with Gasteiger partial charge in [-0.05, 0) is 74.3 Å². The summed E-state index contributed by atoms with van der Waals surface area (Å²) in [5.41, 5.74) is 6.81. The number of benzene rings is 2. The zero-order valence-corrected chi connectivity index (χ0v) is 20.5. The first-order chi connectivity index (χ1) is 17.5. The van der Waals surface area contributed by atoms with Crippen LogP contribution in [0.4, 0.5) is 5.69 Å². The predicted octanol–water partition coefficient (Wildman–Crippen LogP) is 4.91. The zero-order valence-electron chi connectivity index (χ0n) is 20.5. The summed E-state index contributed by atoms with van der Waals surface area (Å²) >= 11 is 0. The lowest BCUT2D eigenvalue weighted by molar-refractivity contribution is -0.119. The molecule has 2 aliphatic heterocycles. The molecule has 4 heterocycles. The maximum Gasteiger partial charge on any atom is 0.228 e. The Balaban J connectivity index is 1.31. The molecule has 4 aromatic rings. The van der Waals surface area contributed by atoms with E-state index in [1.54, 1.807) is 0 Å². The minimum atomic E-state index is 0.0255. The van der Waals surface area contributed by atoms with Crippen molar-refractivity contribution in [2.24, 2.45) is 5.92 Å². The van der Waals surface area contributed by atoms with Crippen molar-refractivity contribution >= 4 is 11.6 Å². The Kier molecular flexibility index (Phi) is 5.46. The number of amides is 1. The van der Waals surface area contributed by atoms with Crippen LogP contribution in [0, 0.1) is 17.2 Å². The number of nitrogens with zero attached hydrogens (tertiary/aromatic N) is 5. The number of rotatable bonds is 4. The molecule has 7 heteroatoms. The number of carbonyl (C=O) groups is 1. The van der Waals surface area contributed by atoms with E-state index in [4.69, 9.17) is 5.26 Å². The lowest BCUT2D eigenvalue weighted by atomic mass is 10.1. The van der Waals surface area contributed by atoms with Crippen LogP contribution < -0.4 is 5.32 Å². The van der Waals surface area contributed by atoms with Gasteiger partial charge in [0.1, 0.15) is 0 Å². The highest BCUT2D eigenvalue weighted by Crippen LogP contribution is 2.35. The molecule has 0 radical (unpaired) electrons. The van der Waals surface area contributed by atoms with Crippen LogP contribution in [-0.4, -0.2) is 44.1 Å². The Morgan fingerprint density at radius 3 is 2.72 bits per heavy atom. The highest BCUT2D eigenvalue weighted by atomic mass is 16.1. The van der Waals surface area contributed by atoms with Gasteiger partial charge in [-0.1, -0.05) is 12.1 Å². The molecule has 7 nitrogen and oxygen atoms in total. The average molecular weight is 477 g/mol. The van der Waals surface area contributed by atoms with E-state index in [0.717, 1.165) is 59.1 Å². The fourth-order valence-corrected chi connectivity index (χ4v) is 5.33. The fraction of sp³-hybridized carbons (Fsp3) is 0.276. The largest absolute Gasteiger partial charge is 0.340 e. The van der Waals surface area contributed by atoms with Crippen LogP contribution in [0.1, 0.15) is 31.4 Å². The number of aromatic nitrogens is 3. The van der Waals surface area contributed by atoms with Crippen molar-refractivity contribution in [2.45, 2.75) is 32.9 Å². The van der Waals surface area contributed by atoms with Crippen LogP contribution >= 0.6 is 0 Å². The van der Waals surface area contributed by atoms with Crippen molar-refractivity contribution in [3.63, 3.8) is 0 Å². The third-order valence-electron chi connectivity index (χ3n) is 7.38. The molecule has 1 amide bonds. The first-order valence-electron chi connectivity index (χ1n) is 12.4. The summed E-state index contributed by atoms with van der Waals surface area (Å²) < 4.78 is 4.32. The van der Waals surface area contributed by atoms with E-state index in [1.165, 1.54) is 0 Å². The summed E-state index contributed by atoms with van der Waals surface area (Å²) in [4.78, 5) is 20.0. The number of hydrogen-bond acceptors (Lipinski definition) is 4. The molecule has 2 aliphatic rings. The van der Waals surface area contributed by atoms with Gasteiger partial charge in [0.25, 0.3) is 0 Å². The van der Waals surface area contributed by atoms with Gasteiger partial charge >= 0.3 is 0 Å². The van der Waals surface area contributed by atoms with Gasteiger partial charge in [0.05, 0.1) is 28.9 Å². The second kappa shape index (κ2) is 8.81. The molecule has 180 valence electrons. The van der Waals surface area contributed by atoms with Crippen LogP contribution in [0.2, 0.25) is 0 Å². The molecular weight excluding hydrogens is 448 g/mol. The molecule has 0 bridgehead atoms. The van der Waals surface area contributed by atoms with Crippen molar-refractivity contribution in [1.29, 1.82) is 5.26 Å². The summed E-state index contributed by atoms with van der Waals surface area (Å²) in [5, 5.41) is 12.3. The van der Waals surface area contributed by atoms with Crippen LogP contribution in [0.15, 0.2) is 67.1 Å². The van der Waals surface area contributed by atoms with Gasteiger partial charge < -0.3 is 14.8 Å². The number of nitriles is 1. The van der Waals surface area contributed by atoms with Crippen LogP contribution in [0.25, 0.3) is 28.3 Å². The normalized spacial score (nSPS) is 16.7. The van der Waals surface area contributed by atoms with Crippen molar-refractivity contribution < 1.29 is 4.79 Å². The van der Waals surface area contributed by atoms with Crippen molar-refractivity contribution in [1.82, 2.24) is 19.0 Å². The molecule has 1 N–H and O–H groups in total. The highest BCUT2D eigenvalue weighted by Gasteiger charge is 2.30. The Morgan fingerprint density at radius 1 is 1.14 bits per heavy atom. The number of carbonyl (C=O) groups excluding carboxylic acids is 1. The van der Waals surface area contributed by atoms with Crippen molar-refractivity contribution in [3.05, 3.63) is 78.2 Å². The van der Waals surface area contributed by atoms with Gasteiger partial charge in [-0.2, -0.15) is 5.26 Å². The monoisotopic (exact) mass is 476 g/mol. The summed E-state index contributed by atoms with van der Waals surface area (Å²) in [6.45, 7) is 6.82. The zero-order chi connectivity index (χ0) is 24.8. The maximum absolute atomic E-state index is 13.0. The Bertz CT molecular complexity index is 1490. The summed E-state index contributed by atoms with van der Waals surface area (Å²) in [7, 11) is 0. The van der Waals surface area contributed by atoms with E-state index in [0.29, 0.717) is 18.2 Å². The fourth-order valence-electron chi connectivity index (χ4n) is 5.33. The third kappa shape index (κ3) is 3.90. The molecule has 1 saturated heterocycles. The van der Waals surface area contributed by atoms with Gasteiger partial charge in [0.15, 0.2) is 5.82 Å². The Labute approximate surface area is 210 Å². The minimum Gasteiger partial charge on any atom is -0.340 e. The summed E-state index contributed by atoms with van der Waals surface area (Å²) in [5.74, 6) is 1.00. The van der Waals surface area contributed by atoms with Crippen molar-refractivity contribution in [3.8, 4) is 34.4 Å². The molecular formula is C29H28N6O. The number of likely N-dealkylation sites (tertiary alicyclic amines) is 1. The van der Waals surface area contributed by atoms with Gasteiger partial charge in [-0.15, -0.1) is 0 Å². The van der Waals surface area contributed by atoms with Gasteiger partial charge in [-0.25, -0.2) is 4.98 Å². The smallest absolute Gasteiger partial charge is 0.228 e. The first-order valence-corrected chi connectivity index (χ1v) is 12.4. The molecule has 36 heavy (non-hydrogen) atoms. The van der Waals surface area contributed by atoms with E-state index in [1.807, 2.05) is 42.7 Å². The van der Waals surface area contributed by atoms with E-state index >= 15 is 0 Å². The lowest BCUT2D eigenvalue weighted by Gasteiger charge is -2.20. The number of nitrogens with one attached hydrogen (secondary N) is 1. The quantitative estimate of drug-likeness (QED) is 0.400. The minimum absolute atomic E-state index is 0.0255. The van der Waals surface area contributed by atoms with E-state index in [2.05, 4.69) is 68.6 Å². The number of fused-ring (bicyclic) bond motifs is 5. The third-order valence-corrected chi connectivity index (χ3v) is 7.38. The van der Waals surface area contributed by atoms with Gasteiger partial charge in [0.2, 0.25) is 5.91 Å². The van der Waals surface area contributed by atoms with Crippen LogP contribution in [0.5, 0.6) is 0 Å². The van der Waals surface area contributed by atoms with E-state index in [-0.39, 0.29) is 11.8 Å². The van der Waals surface area contributed by atoms with Gasteiger partial charge in [0, 0.05) is 49.0 Å². The molecule has 1 unspecified atom stereocenters. The number of anilines is 1. The number of imidazole rings is 1. The Hall–Kier alpha value is -4.15. The molecule has 1 atom stereocenters. The van der Waals surface area contributed by atoms with Crippen molar-refractivity contribution in [2.75, 3.05) is 18.4 Å². The van der Waals surface area contributed by atoms with Crippen LogP contribution in [0.3, 0.4) is 0 Å². The molecule has 1 fully saturated rings. The Morgan fingerprint density at radius 2 is 1.97 bits per heavy atom. The molecule has 6 rings (SSSR count). The summed E-state index contributed by atoms with van der Waals surface area (Å²) in [6.07, 6.45) is 6.84. The second-order valence-electron chi connectivity index (χ2n) is 9.96. The van der Waals surface area contributed by atoms with Gasteiger partial charge in [-0.3, -0.25) is 9.36 Å². The average Bonchev–Trinajstić information content (AvgIpc) is 3.63. The number of hydrogen-bond donors (Lipinski definition) is 1. The molecule has 2 aromatic heterocycles. The standard InChI is InChI=1S/C29H28N6O/c1-19(2)33-11-9-22(16-33)29(36)32-25-7-8-26-24(13-25)18-34-17-23(21-5-3-20(15-30)4-6-21)14-27(34)28-31-10-12-35(26)28/h3-8,10,12-14,17,19,22H,9,11,16,18H2,1-2H3,(H,32,36). The topological polar surface area (TPSA) is 78.9 Å². The van der Waals surface area contributed by atoms with Crippen LogP contribution in [-0.2, 0) is 11.3 Å². The predicted molar refractivity (Wildman–Crippen MR) is 140 cm³/mol. The highest BCUT2D eigenvalue weighted by molar-refractivity contribution is 5.93. The molecule has 0 aliphatic carbocycles. The molecule has 0 spiro atoms. The lowest BCUT2D eigenvalue weighted by Crippen LogP contribution is -2.31. The SMILES string of the molecule is CC(C)N1CCC(C(=O)Nc2ccc3c(c2)Cn2cc(-c4ccc(C#N)cc4)cc2-c2nccn2-3)C1. The van der Waals surface area contributed by atoms with E-state index < -0.39 is 0 Å².